The van der Waals surface area contributed by atoms with Crippen molar-refractivity contribution in [1.82, 2.24) is 20.4 Å². The fourth-order valence-corrected chi connectivity index (χ4v) is 3.36. The number of guanidine groups is 1. The summed E-state index contributed by atoms with van der Waals surface area (Å²) in [6.07, 6.45) is 0. The zero-order valence-corrected chi connectivity index (χ0v) is 20.2. The number of aromatic nitrogens is 2. The molecule has 2 N–H and O–H groups in total. The van der Waals surface area contributed by atoms with Gasteiger partial charge < -0.3 is 10.6 Å². The van der Waals surface area contributed by atoms with Gasteiger partial charge >= 0.3 is 0 Å². The number of aliphatic imine (C=N–C) groups is 1. The van der Waals surface area contributed by atoms with E-state index in [4.69, 9.17) is 11.6 Å². The molecule has 0 amide bonds. The van der Waals surface area contributed by atoms with Crippen molar-refractivity contribution in [3.05, 3.63) is 76.1 Å². The molecule has 3 rings (SSSR count). The van der Waals surface area contributed by atoms with Crippen LogP contribution >= 0.6 is 35.6 Å². The Hall–Kier alpha value is -2.06. The predicted octanol–water partition coefficient (Wildman–Crippen LogP) is 4.84. The number of benzene rings is 2. The molecule has 3 aromatic rings. The van der Waals surface area contributed by atoms with E-state index in [-0.39, 0.29) is 24.0 Å². The largest absolute Gasteiger partial charge is 0.352 e. The smallest absolute Gasteiger partial charge is 0.191 e. The van der Waals surface area contributed by atoms with E-state index in [1.165, 1.54) is 16.7 Å². The number of hydrogen-bond donors (Lipinski definition) is 2. The molecular formula is C22H27ClIN5. The number of nitrogens with zero attached hydrogens (tertiary/aromatic N) is 3. The lowest BCUT2D eigenvalue weighted by Gasteiger charge is -2.15. The molecule has 0 aliphatic rings. The monoisotopic (exact) mass is 523 g/mol. The zero-order chi connectivity index (χ0) is 20.1. The van der Waals surface area contributed by atoms with E-state index in [1.54, 1.807) is 7.05 Å². The molecule has 29 heavy (non-hydrogen) atoms. The first-order chi connectivity index (χ1) is 13.5. The summed E-state index contributed by atoms with van der Waals surface area (Å²) < 4.78 is 1.91. The first-order valence-corrected chi connectivity index (χ1v) is 9.65. The minimum atomic E-state index is 0. The fourth-order valence-electron chi connectivity index (χ4n) is 3.23. The summed E-state index contributed by atoms with van der Waals surface area (Å²) in [7, 11) is 3.75. The summed E-state index contributed by atoms with van der Waals surface area (Å²) in [6, 6.07) is 16.3. The molecule has 0 aliphatic heterocycles. The van der Waals surface area contributed by atoms with Crippen molar-refractivity contribution in [2.45, 2.75) is 26.9 Å². The molecule has 0 fully saturated rings. The molecule has 0 saturated carbocycles. The highest BCUT2D eigenvalue weighted by atomic mass is 127. The summed E-state index contributed by atoms with van der Waals surface area (Å²) in [4.78, 5) is 4.35. The molecule has 0 spiro atoms. The Morgan fingerprint density at radius 3 is 2.31 bits per heavy atom. The van der Waals surface area contributed by atoms with Crippen LogP contribution < -0.4 is 10.6 Å². The van der Waals surface area contributed by atoms with Crippen molar-refractivity contribution in [3.63, 3.8) is 0 Å². The number of halogens is 2. The van der Waals surface area contributed by atoms with Gasteiger partial charge in [0.1, 0.15) is 0 Å². The molecule has 1 heterocycles. The van der Waals surface area contributed by atoms with Gasteiger partial charge in [-0.05, 0) is 42.7 Å². The lowest BCUT2D eigenvalue weighted by molar-refractivity contribution is 0.728. The average Bonchev–Trinajstić information content (AvgIpc) is 2.94. The standard InChI is InChI=1S/C22H26ClN5.HI/c1-15-21(16(2)28(4)27-15)14-26-22(24-3)25-13-18-7-5-6-8-20(18)17-9-11-19(23)12-10-17;/h5-12H,13-14H2,1-4H3,(H2,24,25,26);1H. The van der Waals surface area contributed by atoms with Crippen molar-refractivity contribution in [1.29, 1.82) is 0 Å². The van der Waals surface area contributed by atoms with Crippen LogP contribution in [0.15, 0.2) is 53.5 Å². The normalized spacial score (nSPS) is 11.1. The van der Waals surface area contributed by atoms with Crippen molar-refractivity contribution in [3.8, 4) is 11.1 Å². The average molecular weight is 524 g/mol. The van der Waals surface area contributed by atoms with E-state index in [2.05, 4.69) is 51.9 Å². The summed E-state index contributed by atoms with van der Waals surface area (Å²) in [5.41, 5.74) is 6.92. The van der Waals surface area contributed by atoms with Gasteiger partial charge in [-0.25, -0.2) is 0 Å². The van der Waals surface area contributed by atoms with Crippen LogP contribution in [0.5, 0.6) is 0 Å². The summed E-state index contributed by atoms with van der Waals surface area (Å²) in [5, 5.41) is 12.0. The Labute approximate surface area is 194 Å². The van der Waals surface area contributed by atoms with Crippen LogP contribution in [0.4, 0.5) is 0 Å². The highest BCUT2D eigenvalue weighted by Gasteiger charge is 2.10. The van der Waals surface area contributed by atoms with Gasteiger partial charge in [-0.15, -0.1) is 24.0 Å². The van der Waals surface area contributed by atoms with Crippen molar-refractivity contribution < 1.29 is 0 Å². The predicted molar refractivity (Wildman–Crippen MR) is 132 cm³/mol. The minimum Gasteiger partial charge on any atom is -0.352 e. The molecule has 5 nitrogen and oxygen atoms in total. The quantitative estimate of drug-likeness (QED) is 0.286. The second-order valence-corrected chi connectivity index (χ2v) is 7.15. The third-order valence-electron chi connectivity index (χ3n) is 4.93. The van der Waals surface area contributed by atoms with Gasteiger partial charge in [0, 0.05) is 43.5 Å². The first kappa shape index (κ1) is 23.2. The molecule has 1 aromatic heterocycles. The van der Waals surface area contributed by atoms with E-state index < -0.39 is 0 Å². The molecule has 0 bridgehead atoms. The topological polar surface area (TPSA) is 54.2 Å². The van der Waals surface area contributed by atoms with E-state index in [1.807, 2.05) is 42.9 Å². The SMILES string of the molecule is CN=C(NCc1ccccc1-c1ccc(Cl)cc1)NCc1c(C)nn(C)c1C.I. The van der Waals surface area contributed by atoms with Gasteiger partial charge in [-0.1, -0.05) is 48.0 Å². The Balaban J connectivity index is 0.00000300. The van der Waals surface area contributed by atoms with Crippen LogP contribution in [0, 0.1) is 13.8 Å². The van der Waals surface area contributed by atoms with Crippen LogP contribution in [0.1, 0.15) is 22.5 Å². The van der Waals surface area contributed by atoms with Crippen LogP contribution in [0.2, 0.25) is 5.02 Å². The first-order valence-electron chi connectivity index (χ1n) is 9.27. The summed E-state index contributed by atoms with van der Waals surface area (Å²) in [5.74, 6) is 0.758. The Morgan fingerprint density at radius 1 is 1.03 bits per heavy atom. The maximum atomic E-state index is 6.03. The molecule has 7 heteroatoms. The zero-order valence-electron chi connectivity index (χ0n) is 17.2. The Morgan fingerprint density at radius 2 is 1.69 bits per heavy atom. The number of aryl methyl sites for hydroxylation is 2. The van der Waals surface area contributed by atoms with Gasteiger partial charge in [0.25, 0.3) is 0 Å². The maximum Gasteiger partial charge on any atom is 0.191 e. The van der Waals surface area contributed by atoms with Crippen LogP contribution in [-0.2, 0) is 20.1 Å². The number of hydrogen-bond acceptors (Lipinski definition) is 2. The third kappa shape index (κ3) is 5.73. The second-order valence-electron chi connectivity index (χ2n) is 6.72. The lowest BCUT2D eigenvalue weighted by Crippen LogP contribution is -2.36. The van der Waals surface area contributed by atoms with Crippen LogP contribution in [-0.4, -0.2) is 22.8 Å². The minimum absolute atomic E-state index is 0. The fraction of sp³-hybridized carbons (Fsp3) is 0.273. The molecular weight excluding hydrogens is 497 g/mol. The van der Waals surface area contributed by atoms with Gasteiger partial charge in [-0.2, -0.15) is 5.10 Å². The van der Waals surface area contributed by atoms with E-state index in [0.717, 1.165) is 27.9 Å². The number of rotatable bonds is 5. The Bertz CT molecular complexity index is 979. The molecule has 0 aliphatic carbocycles. The summed E-state index contributed by atoms with van der Waals surface area (Å²) in [6.45, 7) is 5.46. The van der Waals surface area contributed by atoms with Gasteiger partial charge in [0.05, 0.1) is 5.69 Å². The van der Waals surface area contributed by atoms with Crippen molar-refractivity contribution in [2.24, 2.45) is 12.0 Å². The lowest BCUT2D eigenvalue weighted by atomic mass is 10.00. The van der Waals surface area contributed by atoms with E-state index >= 15 is 0 Å². The third-order valence-corrected chi connectivity index (χ3v) is 5.19. The molecule has 2 aromatic carbocycles. The highest BCUT2D eigenvalue weighted by molar-refractivity contribution is 14.0. The molecule has 154 valence electrons. The van der Waals surface area contributed by atoms with Crippen molar-refractivity contribution >= 4 is 41.5 Å². The van der Waals surface area contributed by atoms with E-state index in [9.17, 15) is 0 Å². The molecule has 0 saturated heterocycles. The van der Waals surface area contributed by atoms with Crippen molar-refractivity contribution in [2.75, 3.05) is 7.05 Å². The van der Waals surface area contributed by atoms with Crippen LogP contribution in [0.3, 0.4) is 0 Å². The molecule has 0 radical (unpaired) electrons. The van der Waals surface area contributed by atoms with Gasteiger partial charge in [0.15, 0.2) is 5.96 Å². The van der Waals surface area contributed by atoms with E-state index in [0.29, 0.717) is 13.1 Å². The highest BCUT2D eigenvalue weighted by Crippen LogP contribution is 2.25. The summed E-state index contributed by atoms with van der Waals surface area (Å²) >= 11 is 6.03. The van der Waals surface area contributed by atoms with Gasteiger partial charge in [0.2, 0.25) is 0 Å². The molecule has 0 atom stereocenters. The van der Waals surface area contributed by atoms with Crippen LogP contribution in [0.25, 0.3) is 11.1 Å². The second kappa shape index (κ2) is 10.6. The number of nitrogens with one attached hydrogen (secondary N) is 2. The molecule has 0 unspecified atom stereocenters. The van der Waals surface area contributed by atoms with Gasteiger partial charge in [-0.3, -0.25) is 9.67 Å². The maximum absolute atomic E-state index is 6.03. The Kier molecular flexibility index (Phi) is 8.52.